The molecule has 0 bridgehead atoms. The Morgan fingerprint density at radius 3 is 3.00 bits per heavy atom. The van der Waals surface area contributed by atoms with Crippen LogP contribution in [0.25, 0.3) is 0 Å². The highest BCUT2D eigenvalue weighted by Gasteiger charge is 2.24. The molecule has 2 N–H and O–H groups in total. The maximum atomic E-state index is 9.98. The monoisotopic (exact) mass is 193 g/mol. The Balaban J connectivity index is 2.07. The summed E-state index contributed by atoms with van der Waals surface area (Å²) < 4.78 is 0. The molecule has 1 aromatic heterocycles. The van der Waals surface area contributed by atoms with Crippen LogP contribution in [0.4, 0.5) is 0 Å². The van der Waals surface area contributed by atoms with Crippen molar-refractivity contribution in [1.29, 1.82) is 0 Å². The summed E-state index contributed by atoms with van der Waals surface area (Å²) in [6.45, 7) is 1.84. The molecule has 1 aromatic rings. The van der Waals surface area contributed by atoms with E-state index >= 15 is 0 Å². The number of nitrogens with one attached hydrogen (secondary N) is 1. The molecule has 0 aliphatic heterocycles. The molecule has 1 heterocycles. The van der Waals surface area contributed by atoms with Gasteiger partial charge in [0, 0.05) is 0 Å². The fraction of sp³-hybridized carbons (Fsp3) is 0.600. The number of nitrogens with zero attached hydrogens (tertiary/aromatic N) is 2. The van der Waals surface area contributed by atoms with Crippen molar-refractivity contribution >= 4 is 0 Å². The first kappa shape index (κ1) is 9.40. The van der Waals surface area contributed by atoms with E-state index in [0.29, 0.717) is 5.82 Å². The first-order valence-corrected chi connectivity index (χ1v) is 4.99. The highest BCUT2D eigenvalue weighted by molar-refractivity contribution is 4.99. The van der Waals surface area contributed by atoms with Crippen LogP contribution in [0.15, 0.2) is 12.2 Å². The van der Waals surface area contributed by atoms with Crippen LogP contribution in [0.2, 0.25) is 0 Å². The number of rotatable bonds is 2. The van der Waals surface area contributed by atoms with Gasteiger partial charge in [0.1, 0.15) is 11.9 Å². The number of hydrogen-bond acceptors (Lipinski definition) is 3. The minimum Gasteiger partial charge on any atom is -0.385 e. The minimum absolute atomic E-state index is 0.273. The molecular weight excluding hydrogens is 178 g/mol. The Bertz CT molecular complexity index is 332. The lowest BCUT2D eigenvalue weighted by Crippen LogP contribution is -2.15. The zero-order valence-electron chi connectivity index (χ0n) is 8.27. The predicted octanol–water partition coefficient (Wildman–Crippen LogP) is 1.50. The molecule has 0 unspecified atom stereocenters. The second-order valence-corrected chi connectivity index (χ2v) is 3.77. The Labute approximate surface area is 83.1 Å². The summed E-state index contributed by atoms with van der Waals surface area (Å²) in [6.07, 6.45) is 6.75. The third-order valence-corrected chi connectivity index (χ3v) is 2.64. The number of aliphatic hydroxyl groups is 1. The van der Waals surface area contributed by atoms with Crippen LogP contribution >= 0.6 is 0 Å². The van der Waals surface area contributed by atoms with Gasteiger partial charge in [0.25, 0.3) is 0 Å². The molecule has 76 valence electrons. The number of allylic oxidation sites excluding steroid dienone is 2. The quantitative estimate of drug-likeness (QED) is 0.700. The smallest absolute Gasteiger partial charge is 0.179 e. The van der Waals surface area contributed by atoms with Gasteiger partial charge >= 0.3 is 0 Å². The van der Waals surface area contributed by atoms with Gasteiger partial charge in [0.15, 0.2) is 5.82 Å². The van der Waals surface area contributed by atoms with E-state index in [9.17, 15) is 5.11 Å². The Kier molecular flexibility index (Phi) is 2.63. The fourth-order valence-electron chi connectivity index (χ4n) is 1.81. The van der Waals surface area contributed by atoms with E-state index in [0.717, 1.165) is 25.1 Å². The van der Waals surface area contributed by atoms with Gasteiger partial charge in [-0.05, 0) is 32.1 Å². The van der Waals surface area contributed by atoms with E-state index in [1.165, 1.54) is 0 Å². The molecule has 0 radical (unpaired) electrons. The van der Waals surface area contributed by atoms with Crippen LogP contribution in [0, 0.1) is 12.8 Å². The Morgan fingerprint density at radius 2 is 2.43 bits per heavy atom. The van der Waals surface area contributed by atoms with Crippen molar-refractivity contribution in [3.63, 3.8) is 0 Å². The molecule has 0 spiro atoms. The standard InChI is InChI=1S/C10H15N3O/c1-7-11-10(13-12-7)9(14)8-5-3-2-4-6-8/h2-3,8-9,14H,4-6H2,1H3,(H,11,12,13)/t8-,9-/m0/s1. The number of hydrogen-bond donors (Lipinski definition) is 2. The molecule has 1 aliphatic carbocycles. The van der Waals surface area contributed by atoms with Gasteiger partial charge in [-0.15, -0.1) is 0 Å². The highest BCUT2D eigenvalue weighted by Crippen LogP contribution is 2.29. The minimum atomic E-state index is -0.523. The third kappa shape index (κ3) is 1.85. The highest BCUT2D eigenvalue weighted by atomic mass is 16.3. The van der Waals surface area contributed by atoms with Crippen LogP contribution in [0.1, 0.15) is 37.0 Å². The zero-order chi connectivity index (χ0) is 9.97. The van der Waals surface area contributed by atoms with E-state index in [-0.39, 0.29) is 5.92 Å². The summed E-state index contributed by atoms with van der Waals surface area (Å²) in [4.78, 5) is 4.15. The molecule has 2 atom stereocenters. The van der Waals surface area contributed by atoms with Crippen molar-refractivity contribution in [2.75, 3.05) is 0 Å². The summed E-state index contributed by atoms with van der Waals surface area (Å²) in [7, 11) is 0. The average Bonchev–Trinajstić information content (AvgIpc) is 2.65. The first-order valence-electron chi connectivity index (χ1n) is 4.99. The van der Waals surface area contributed by atoms with Crippen LogP contribution in [-0.4, -0.2) is 20.3 Å². The summed E-state index contributed by atoms with van der Waals surface area (Å²) in [5.74, 6) is 1.56. The van der Waals surface area contributed by atoms with Crippen molar-refractivity contribution in [3.8, 4) is 0 Å². The number of aromatic nitrogens is 3. The Morgan fingerprint density at radius 1 is 1.57 bits per heavy atom. The van der Waals surface area contributed by atoms with Crippen LogP contribution in [0.5, 0.6) is 0 Å². The van der Waals surface area contributed by atoms with Crippen molar-refractivity contribution in [3.05, 3.63) is 23.8 Å². The molecule has 0 fully saturated rings. The maximum Gasteiger partial charge on any atom is 0.179 e. The van der Waals surface area contributed by atoms with Crippen molar-refractivity contribution < 1.29 is 5.11 Å². The zero-order valence-corrected chi connectivity index (χ0v) is 8.27. The molecular formula is C10H15N3O. The van der Waals surface area contributed by atoms with Crippen molar-refractivity contribution in [1.82, 2.24) is 15.2 Å². The summed E-state index contributed by atoms with van der Waals surface area (Å²) in [6, 6.07) is 0. The van der Waals surface area contributed by atoms with Crippen LogP contribution < -0.4 is 0 Å². The maximum absolute atomic E-state index is 9.98. The fourth-order valence-corrected chi connectivity index (χ4v) is 1.81. The van der Waals surface area contributed by atoms with Gasteiger partial charge in [-0.25, -0.2) is 4.98 Å². The SMILES string of the molecule is Cc1nc([C@@H](O)[C@H]2CC=CCC2)n[nH]1. The Hall–Kier alpha value is -1.16. The number of H-pyrrole nitrogens is 1. The lowest BCUT2D eigenvalue weighted by Gasteiger charge is -2.21. The van der Waals surface area contributed by atoms with Crippen LogP contribution in [0.3, 0.4) is 0 Å². The van der Waals surface area contributed by atoms with Crippen molar-refractivity contribution in [2.45, 2.75) is 32.3 Å². The molecule has 4 nitrogen and oxygen atoms in total. The molecule has 0 saturated heterocycles. The largest absolute Gasteiger partial charge is 0.385 e. The predicted molar refractivity (Wildman–Crippen MR) is 52.6 cm³/mol. The second kappa shape index (κ2) is 3.92. The molecule has 0 aromatic carbocycles. The van der Waals surface area contributed by atoms with E-state index in [2.05, 4.69) is 27.3 Å². The lowest BCUT2D eigenvalue weighted by molar-refractivity contribution is 0.0943. The van der Waals surface area contributed by atoms with Crippen LogP contribution in [-0.2, 0) is 0 Å². The van der Waals surface area contributed by atoms with Gasteiger partial charge < -0.3 is 5.11 Å². The summed E-state index contributed by atoms with van der Waals surface area (Å²) in [5.41, 5.74) is 0. The summed E-state index contributed by atoms with van der Waals surface area (Å²) >= 11 is 0. The normalized spacial score (nSPS) is 23.7. The molecule has 4 heteroatoms. The molecule has 1 aliphatic rings. The molecule has 2 rings (SSSR count). The van der Waals surface area contributed by atoms with E-state index in [1.54, 1.807) is 0 Å². The summed E-state index contributed by atoms with van der Waals surface area (Å²) in [5, 5.41) is 16.7. The van der Waals surface area contributed by atoms with E-state index in [1.807, 2.05) is 6.92 Å². The van der Waals surface area contributed by atoms with Gasteiger partial charge in [0.2, 0.25) is 0 Å². The van der Waals surface area contributed by atoms with Gasteiger partial charge in [-0.2, -0.15) is 5.10 Å². The van der Waals surface area contributed by atoms with Gasteiger partial charge in [-0.3, -0.25) is 5.10 Å². The number of aryl methyl sites for hydroxylation is 1. The van der Waals surface area contributed by atoms with Crippen molar-refractivity contribution in [2.24, 2.45) is 5.92 Å². The number of aliphatic hydroxyl groups excluding tert-OH is 1. The van der Waals surface area contributed by atoms with E-state index < -0.39 is 6.10 Å². The average molecular weight is 193 g/mol. The molecule has 0 saturated carbocycles. The number of aromatic amines is 1. The van der Waals surface area contributed by atoms with Gasteiger partial charge in [0.05, 0.1) is 0 Å². The molecule has 0 amide bonds. The second-order valence-electron chi connectivity index (χ2n) is 3.77. The third-order valence-electron chi connectivity index (χ3n) is 2.64. The topological polar surface area (TPSA) is 61.8 Å². The van der Waals surface area contributed by atoms with Gasteiger partial charge in [-0.1, -0.05) is 12.2 Å². The lowest BCUT2D eigenvalue weighted by atomic mass is 9.89. The first-order chi connectivity index (χ1) is 6.77. The van der Waals surface area contributed by atoms with E-state index in [4.69, 9.17) is 0 Å². The molecule has 14 heavy (non-hydrogen) atoms.